The Labute approximate surface area is 134 Å². The Bertz CT molecular complexity index is 545. The second kappa shape index (κ2) is 9.99. The van der Waals surface area contributed by atoms with Crippen LogP contribution >= 0.6 is 0 Å². The summed E-state index contributed by atoms with van der Waals surface area (Å²) in [6.07, 6.45) is 2.29. The van der Waals surface area contributed by atoms with Gasteiger partial charge in [0.25, 0.3) is 5.91 Å². The molecule has 7 heteroatoms. The Hall–Kier alpha value is -2.83. The van der Waals surface area contributed by atoms with E-state index >= 15 is 0 Å². The van der Waals surface area contributed by atoms with Crippen molar-refractivity contribution in [2.24, 2.45) is 0 Å². The summed E-state index contributed by atoms with van der Waals surface area (Å²) in [5.74, 6) is -1.63. The number of amides is 2. The number of ether oxygens (including phenoxy) is 1. The topological polar surface area (TPSA) is 105 Å². The second-order valence-corrected chi connectivity index (χ2v) is 4.70. The monoisotopic (exact) mass is 320 g/mol. The minimum Gasteiger partial charge on any atom is -0.484 e. The molecule has 124 valence electrons. The maximum Gasteiger partial charge on any atom is 0.326 e. The minimum atomic E-state index is -1.13. The van der Waals surface area contributed by atoms with E-state index in [1.165, 1.54) is 0 Å². The summed E-state index contributed by atoms with van der Waals surface area (Å²) in [6, 6.07) is 7.78. The number of benzene rings is 1. The van der Waals surface area contributed by atoms with E-state index in [1.807, 2.05) is 6.07 Å². The first-order valence-corrected chi connectivity index (χ1v) is 7.10. The van der Waals surface area contributed by atoms with E-state index < -0.39 is 23.8 Å². The van der Waals surface area contributed by atoms with Crippen LogP contribution < -0.4 is 15.4 Å². The number of para-hydroxylation sites is 1. The molecular formula is C16H20N2O5. The molecule has 0 aromatic heterocycles. The van der Waals surface area contributed by atoms with Gasteiger partial charge in [-0.05, 0) is 25.0 Å². The van der Waals surface area contributed by atoms with Gasteiger partial charge in [0.15, 0.2) is 6.61 Å². The van der Waals surface area contributed by atoms with Crippen molar-refractivity contribution in [3.8, 4) is 5.75 Å². The largest absolute Gasteiger partial charge is 0.484 e. The van der Waals surface area contributed by atoms with Gasteiger partial charge in [-0.15, -0.1) is 6.58 Å². The van der Waals surface area contributed by atoms with Crippen LogP contribution in [-0.2, 0) is 14.4 Å². The molecular weight excluding hydrogens is 300 g/mol. The van der Waals surface area contributed by atoms with Crippen LogP contribution in [0.25, 0.3) is 0 Å². The van der Waals surface area contributed by atoms with E-state index in [9.17, 15) is 14.4 Å². The maximum absolute atomic E-state index is 11.6. The fourth-order valence-corrected chi connectivity index (χ4v) is 1.68. The number of nitrogens with one attached hydrogen (secondary N) is 2. The van der Waals surface area contributed by atoms with Crippen molar-refractivity contribution in [2.45, 2.75) is 18.9 Å². The molecule has 0 saturated heterocycles. The SMILES string of the molecule is C=CCCC(NC(=O)CNC(=O)COc1ccccc1)C(=O)O. The molecule has 0 bridgehead atoms. The van der Waals surface area contributed by atoms with Gasteiger partial charge >= 0.3 is 5.97 Å². The summed E-state index contributed by atoms with van der Waals surface area (Å²) in [7, 11) is 0. The van der Waals surface area contributed by atoms with Gasteiger partial charge in [0, 0.05) is 0 Å². The molecule has 7 nitrogen and oxygen atoms in total. The van der Waals surface area contributed by atoms with Gasteiger partial charge in [-0.3, -0.25) is 9.59 Å². The molecule has 0 aliphatic carbocycles. The van der Waals surface area contributed by atoms with Gasteiger partial charge in [0.05, 0.1) is 6.54 Å². The predicted octanol–water partition coefficient (Wildman–Crippen LogP) is 0.717. The molecule has 3 N–H and O–H groups in total. The fourth-order valence-electron chi connectivity index (χ4n) is 1.68. The smallest absolute Gasteiger partial charge is 0.326 e. The maximum atomic E-state index is 11.6. The fraction of sp³-hybridized carbons (Fsp3) is 0.312. The van der Waals surface area contributed by atoms with Crippen LogP contribution in [0.5, 0.6) is 5.75 Å². The van der Waals surface area contributed by atoms with Gasteiger partial charge in [-0.2, -0.15) is 0 Å². The van der Waals surface area contributed by atoms with Gasteiger partial charge in [0.2, 0.25) is 5.91 Å². The molecule has 0 fully saturated rings. The van der Waals surface area contributed by atoms with Crippen LogP contribution in [-0.4, -0.2) is 42.1 Å². The highest BCUT2D eigenvalue weighted by Gasteiger charge is 2.19. The number of carboxylic acids is 1. The lowest BCUT2D eigenvalue weighted by Crippen LogP contribution is -2.46. The number of hydrogen-bond donors (Lipinski definition) is 3. The molecule has 1 unspecified atom stereocenters. The van der Waals surface area contributed by atoms with Crippen molar-refractivity contribution < 1.29 is 24.2 Å². The van der Waals surface area contributed by atoms with Crippen LogP contribution in [0.2, 0.25) is 0 Å². The molecule has 0 saturated carbocycles. The van der Waals surface area contributed by atoms with Crippen molar-refractivity contribution >= 4 is 17.8 Å². The standard InChI is InChI=1S/C16H20N2O5/c1-2-3-9-13(16(21)22)18-14(19)10-17-15(20)11-23-12-7-5-4-6-8-12/h2,4-8,13H,1,3,9-11H2,(H,17,20)(H,18,19)(H,21,22). The Balaban J connectivity index is 2.29. The van der Waals surface area contributed by atoms with Gasteiger partial charge in [-0.1, -0.05) is 24.3 Å². The molecule has 1 atom stereocenters. The first-order chi connectivity index (χ1) is 11.0. The lowest BCUT2D eigenvalue weighted by atomic mass is 10.1. The normalized spacial score (nSPS) is 11.1. The van der Waals surface area contributed by atoms with Crippen LogP contribution in [0.1, 0.15) is 12.8 Å². The van der Waals surface area contributed by atoms with Crippen molar-refractivity contribution in [1.82, 2.24) is 10.6 Å². The van der Waals surface area contributed by atoms with Gasteiger partial charge in [0.1, 0.15) is 11.8 Å². The molecule has 1 aromatic carbocycles. The van der Waals surface area contributed by atoms with Crippen molar-refractivity contribution in [1.29, 1.82) is 0 Å². The Kier molecular flexibility index (Phi) is 7.91. The average molecular weight is 320 g/mol. The Morgan fingerprint density at radius 3 is 2.52 bits per heavy atom. The van der Waals surface area contributed by atoms with E-state index in [2.05, 4.69) is 17.2 Å². The molecule has 0 spiro atoms. The van der Waals surface area contributed by atoms with Crippen molar-refractivity contribution in [2.75, 3.05) is 13.2 Å². The molecule has 0 heterocycles. The molecule has 0 radical (unpaired) electrons. The summed E-state index contributed by atoms with van der Waals surface area (Å²) in [5.41, 5.74) is 0. The lowest BCUT2D eigenvalue weighted by molar-refractivity contribution is -0.141. The van der Waals surface area contributed by atoms with E-state index in [0.29, 0.717) is 12.2 Å². The number of hydrogen-bond acceptors (Lipinski definition) is 4. The Morgan fingerprint density at radius 2 is 1.91 bits per heavy atom. The summed E-state index contributed by atoms with van der Waals surface area (Å²) in [6.45, 7) is 2.96. The molecule has 1 aromatic rings. The van der Waals surface area contributed by atoms with Crippen LogP contribution in [0.3, 0.4) is 0 Å². The molecule has 0 aliphatic heterocycles. The molecule has 1 rings (SSSR count). The number of carbonyl (C=O) groups excluding carboxylic acids is 2. The summed E-state index contributed by atoms with van der Waals surface area (Å²) < 4.78 is 5.22. The predicted molar refractivity (Wildman–Crippen MR) is 83.9 cm³/mol. The number of carbonyl (C=O) groups is 3. The third kappa shape index (κ3) is 7.66. The first kappa shape index (κ1) is 18.2. The number of carboxylic acid groups (broad SMARTS) is 1. The minimum absolute atomic E-state index is 0.226. The van der Waals surface area contributed by atoms with E-state index in [1.54, 1.807) is 30.3 Å². The highest BCUT2D eigenvalue weighted by molar-refractivity contribution is 5.88. The van der Waals surface area contributed by atoms with Gasteiger partial charge in [-0.25, -0.2) is 4.79 Å². The molecule has 2 amide bonds. The number of rotatable bonds is 10. The van der Waals surface area contributed by atoms with Crippen LogP contribution in [0.4, 0.5) is 0 Å². The third-order valence-electron chi connectivity index (χ3n) is 2.85. The summed E-state index contributed by atoms with van der Waals surface area (Å²) in [5, 5.41) is 13.7. The summed E-state index contributed by atoms with van der Waals surface area (Å²) in [4.78, 5) is 34.2. The quantitative estimate of drug-likeness (QED) is 0.551. The zero-order valence-corrected chi connectivity index (χ0v) is 12.7. The van der Waals surface area contributed by atoms with Crippen LogP contribution in [0.15, 0.2) is 43.0 Å². The summed E-state index contributed by atoms with van der Waals surface area (Å²) >= 11 is 0. The van der Waals surface area contributed by atoms with Gasteiger partial charge < -0.3 is 20.5 Å². The third-order valence-corrected chi connectivity index (χ3v) is 2.85. The van der Waals surface area contributed by atoms with Crippen molar-refractivity contribution in [3.05, 3.63) is 43.0 Å². The van der Waals surface area contributed by atoms with Crippen LogP contribution in [0, 0.1) is 0 Å². The first-order valence-electron chi connectivity index (χ1n) is 7.10. The zero-order chi connectivity index (χ0) is 17.1. The number of allylic oxidation sites excluding steroid dienone is 1. The van der Waals surface area contributed by atoms with E-state index in [-0.39, 0.29) is 19.6 Å². The second-order valence-electron chi connectivity index (χ2n) is 4.70. The zero-order valence-electron chi connectivity index (χ0n) is 12.7. The van der Waals surface area contributed by atoms with Crippen molar-refractivity contribution in [3.63, 3.8) is 0 Å². The highest BCUT2D eigenvalue weighted by Crippen LogP contribution is 2.07. The van der Waals surface area contributed by atoms with E-state index in [4.69, 9.17) is 9.84 Å². The Morgan fingerprint density at radius 1 is 1.22 bits per heavy atom. The highest BCUT2D eigenvalue weighted by atomic mass is 16.5. The number of aliphatic carboxylic acids is 1. The molecule has 0 aliphatic rings. The lowest BCUT2D eigenvalue weighted by Gasteiger charge is -2.14. The van der Waals surface area contributed by atoms with E-state index in [0.717, 1.165) is 0 Å². The average Bonchev–Trinajstić information content (AvgIpc) is 2.55. The molecule has 23 heavy (non-hydrogen) atoms.